The topological polar surface area (TPSA) is 144 Å². The molecule has 0 unspecified atom stereocenters. The number of aliphatic hydroxyl groups is 4. The van der Waals surface area contributed by atoms with Crippen molar-refractivity contribution in [2.45, 2.75) is 69.5 Å². The van der Waals surface area contributed by atoms with Crippen LogP contribution in [0, 0.1) is 11.8 Å². The molecule has 0 amide bonds. The van der Waals surface area contributed by atoms with E-state index in [0.29, 0.717) is 18.6 Å². The van der Waals surface area contributed by atoms with E-state index in [9.17, 15) is 25.2 Å². The first-order valence-corrected chi connectivity index (χ1v) is 10.2. The minimum atomic E-state index is -1.57. The van der Waals surface area contributed by atoms with Crippen LogP contribution in [0.25, 0.3) is 0 Å². The molecule has 10 heteroatoms. The summed E-state index contributed by atoms with van der Waals surface area (Å²) >= 11 is 0. The second kappa shape index (κ2) is 10.2. The Morgan fingerprint density at radius 2 is 2.00 bits per heavy atom. The van der Waals surface area contributed by atoms with Crippen LogP contribution >= 0.6 is 0 Å². The quantitative estimate of drug-likeness (QED) is 0.227. The van der Waals surface area contributed by atoms with Crippen LogP contribution in [0.4, 0.5) is 0 Å². The molecule has 3 aliphatic rings. The van der Waals surface area contributed by atoms with Gasteiger partial charge in [0.05, 0.1) is 25.0 Å². The molecule has 4 N–H and O–H groups in total. The molecule has 9 atom stereocenters. The van der Waals surface area contributed by atoms with Crippen LogP contribution < -0.4 is 0 Å². The fourth-order valence-corrected chi connectivity index (χ4v) is 3.81. The number of esters is 1. The van der Waals surface area contributed by atoms with Gasteiger partial charge in [-0.3, -0.25) is 0 Å². The maximum atomic E-state index is 12.4. The molecule has 170 valence electrons. The van der Waals surface area contributed by atoms with Crippen molar-refractivity contribution in [3.05, 3.63) is 24.5 Å². The van der Waals surface area contributed by atoms with Gasteiger partial charge in [-0.05, 0) is 6.42 Å². The summed E-state index contributed by atoms with van der Waals surface area (Å²) in [6, 6.07) is 0. The Bertz CT molecular complexity index is 635. The molecular formula is C20H30O10. The Labute approximate surface area is 174 Å². The lowest BCUT2D eigenvalue weighted by Gasteiger charge is -2.44. The number of hydrogen-bond acceptors (Lipinski definition) is 10. The van der Waals surface area contributed by atoms with Crippen LogP contribution in [-0.4, -0.2) is 82.9 Å². The van der Waals surface area contributed by atoms with Gasteiger partial charge in [0.25, 0.3) is 0 Å². The van der Waals surface area contributed by atoms with Gasteiger partial charge < -0.3 is 44.1 Å². The van der Waals surface area contributed by atoms with E-state index in [4.69, 9.17) is 23.7 Å². The third kappa shape index (κ3) is 4.70. The summed E-state index contributed by atoms with van der Waals surface area (Å²) in [6.07, 6.45) is -3.77. The lowest BCUT2D eigenvalue weighted by Crippen LogP contribution is -2.60. The molecule has 0 spiro atoms. The molecule has 0 radical (unpaired) electrons. The molecule has 2 saturated heterocycles. The molecule has 0 aromatic heterocycles. The summed E-state index contributed by atoms with van der Waals surface area (Å²) in [6.45, 7) is 5.74. The van der Waals surface area contributed by atoms with Gasteiger partial charge in [-0.25, -0.2) is 4.79 Å². The maximum absolute atomic E-state index is 12.4. The van der Waals surface area contributed by atoms with Gasteiger partial charge in [0.15, 0.2) is 6.29 Å². The highest BCUT2D eigenvalue weighted by atomic mass is 16.8. The normalized spacial score (nSPS) is 41.3. The Morgan fingerprint density at radius 3 is 2.67 bits per heavy atom. The van der Waals surface area contributed by atoms with E-state index in [-0.39, 0.29) is 5.92 Å². The molecule has 0 saturated carbocycles. The minimum absolute atomic E-state index is 0.337. The van der Waals surface area contributed by atoms with Crippen molar-refractivity contribution < 1.29 is 48.9 Å². The first-order valence-electron chi connectivity index (χ1n) is 10.2. The predicted molar refractivity (Wildman–Crippen MR) is 100 cm³/mol. The van der Waals surface area contributed by atoms with Crippen molar-refractivity contribution >= 4 is 5.97 Å². The van der Waals surface area contributed by atoms with Crippen molar-refractivity contribution in [2.75, 3.05) is 13.2 Å². The van der Waals surface area contributed by atoms with E-state index in [1.54, 1.807) is 6.08 Å². The average Bonchev–Trinajstić information content (AvgIpc) is 2.74. The van der Waals surface area contributed by atoms with Crippen LogP contribution in [0.5, 0.6) is 0 Å². The van der Waals surface area contributed by atoms with Crippen LogP contribution in [0.15, 0.2) is 24.5 Å². The number of carbonyl (C=O) groups is 1. The van der Waals surface area contributed by atoms with Crippen LogP contribution in [-0.2, 0) is 28.5 Å². The number of rotatable bonds is 8. The molecule has 0 aromatic carbocycles. The number of aliphatic hydroxyl groups excluding tert-OH is 4. The van der Waals surface area contributed by atoms with E-state index in [1.165, 1.54) is 6.26 Å². The summed E-state index contributed by atoms with van der Waals surface area (Å²) in [5.41, 5.74) is 0.337. The van der Waals surface area contributed by atoms with Gasteiger partial charge in [0.2, 0.25) is 12.6 Å². The third-order valence-corrected chi connectivity index (χ3v) is 5.62. The van der Waals surface area contributed by atoms with E-state index in [0.717, 1.165) is 12.8 Å². The number of hydrogen-bond donors (Lipinski definition) is 4. The van der Waals surface area contributed by atoms with Gasteiger partial charge in [-0.1, -0.05) is 19.4 Å². The summed E-state index contributed by atoms with van der Waals surface area (Å²) in [4.78, 5) is 12.4. The standard InChI is InChI=1S/C20H30O10/c1-3-5-6-26-14-7-11-10(4-2)19(27-9-12(11)18(25)29-14)30-20-17(24)16(23)15(22)13(8-21)28-20/h4,9-11,13-17,19-24H,2-3,5-8H2,1H3/t10-,11+,13-,14-,15-,16+,17-,19+,20+/m1/s1. The Balaban J connectivity index is 1.71. The molecule has 0 aliphatic carbocycles. The van der Waals surface area contributed by atoms with Gasteiger partial charge in [-0.2, -0.15) is 0 Å². The molecule has 30 heavy (non-hydrogen) atoms. The summed E-state index contributed by atoms with van der Waals surface area (Å²) in [7, 11) is 0. The second-order valence-electron chi connectivity index (χ2n) is 7.63. The summed E-state index contributed by atoms with van der Waals surface area (Å²) < 4.78 is 27.6. The molecule has 0 aromatic rings. The predicted octanol–water partition coefficient (Wildman–Crippen LogP) is -0.449. The van der Waals surface area contributed by atoms with Crippen molar-refractivity contribution in [1.82, 2.24) is 0 Å². The Hall–Kier alpha value is -1.53. The molecule has 3 heterocycles. The molecule has 2 fully saturated rings. The number of unbranched alkanes of at least 4 members (excludes halogenated alkanes) is 1. The largest absolute Gasteiger partial charge is 0.471 e. The lowest BCUT2D eigenvalue weighted by molar-refractivity contribution is -0.340. The van der Waals surface area contributed by atoms with Crippen molar-refractivity contribution in [3.63, 3.8) is 0 Å². The van der Waals surface area contributed by atoms with Crippen molar-refractivity contribution in [3.8, 4) is 0 Å². The fraction of sp³-hybridized carbons (Fsp3) is 0.750. The number of ether oxygens (including phenoxy) is 5. The highest BCUT2D eigenvalue weighted by molar-refractivity contribution is 5.89. The first-order chi connectivity index (χ1) is 14.4. The third-order valence-electron chi connectivity index (χ3n) is 5.62. The zero-order valence-electron chi connectivity index (χ0n) is 16.8. The summed E-state index contributed by atoms with van der Waals surface area (Å²) in [5.74, 6) is -1.38. The molecule has 3 aliphatic heterocycles. The molecule has 0 bridgehead atoms. The number of fused-ring (bicyclic) bond motifs is 1. The smallest absolute Gasteiger partial charge is 0.339 e. The van der Waals surface area contributed by atoms with E-state index in [2.05, 4.69) is 6.58 Å². The lowest BCUT2D eigenvalue weighted by atomic mass is 9.80. The minimum Gasteiger partial charge on any atom is -0.471 e. The van der Waals surface area contributed by atoms with Crippen molar-refractivity contribution in [1.29, 1.82) is 0 Å². The van der Waals surface area contributed by atoms with E-state index >= 15 is 0 Å². The molecular weight excluding hydrogens is 400 g/mol. The van der Waals surface area contributed by atoms with Gasteiger partial charge in [0.1, 0.15) is 24.4 Å². The highest BCUT2D eigenvalue weighted by Crippen LogP contribution is 2.40. The molecule has 10 nitrogen and oxygen atoms in total. The van der Waals surface area contributed by atoms with Crippen LogP contribution in [0.3, 0.4) is 0 Å². The highest BCUT2D eigenvalue weighted by Gasteiger charge is 2.49. The zero-order valence-corrected chi connectivity index (χ0v) is 16.8. The Kier molecular flexibility index (Phi) is 7.86. The van der Waals surface area contributed by atoms with Crippen LogP contribution in [0.1, 0.15) is 26.2 Å². The maximum Gasteiger partial charge on any atom is 0.339 e. The average molecular weight is 430 g/mol. The summed E-state index contributed by atoms with van der Waals surface area (Å²) in [5, 5.41) is 39.4. The molecule has 3 rings (SSSR count). The number of cyclic esters (lactones) is 1. The van der Waals surface area contributed by atoms with Crippen molar-refractivity contribution in [2.24, 2.45) is 11.8 Å². The van der Waals surface area contributed by atoms with E-state index < -0.39 is 61.8 Å². The number of carbonyl (C=O) groups excluding carboxylic acids is 1. The van der Waals surface area contributed by atoms with Crippen LogP contribution in [0.2, 0.25) is 0 Å². The first kappa shape index (κ1) is 23.1. The second-order valence-corrected chi connectivity index (χ2v) is 7.63. The fourth-order valence-electron chi connectivity index (χ4n) is 3.81. The van der Waals surface area contributed by atoms with Gasteiger partial charge >= 0.3 is 5.97 Å². The monoisotopic (exact) mass is 430 g/mol. The van der Waals surface area contributed by atoms with E-state index in [1.807, 2.05) is 6.92 Å². The Morgan fingerprint density at radius 1 is 1.23 bits per heavy atom. The van der Waals surface area contributed by atoms with Gasteiger partial charge in [-0.15, -0.1) is 6.58 Å². The van der Waals surface area contributed by atoms with Gasteiger partial charge in [0, 0.05) is 18.3 Å². The zero-order chi connectivity index (χ0) is 21.8. The SMILES string of the molecule is C=C[C@H]1[C@H](O[C@@H]2O[C@H](CO)[C@@H](O)[C@H](O)[C@H]2O)OC=C2C(=O)O[C@@H](OCCCC)C[C@H]21.